The van der Waals surface area contributed by atoms with Crippen LogP contribution >= 0.6 is 22.6 Å². The van der Waals surface area contributed by atoms with Crippen molar-refractivity contribution >= 4 is 40.2 Å². The minimum absolute atomic E-state index is 0.285. The van der Waals surface area contributed by atoms with Crippen molar-refractivity contribution in [3.63, 3.8) is 0 Å². The van der Waals surface area contributed by atoms with Gasteiger partial charge in [0.1, 0.15) is 0 Å². The van der Waals surface area contributed by atoms with E-state index >= 15 is 0 Å². The molecule has 0 aliphatic rings. The van der Waals surface area contributed by atoms with Crippen LogP contribution in [0.1, 0.15) is 5.56 Å². The Kier molecular flexibility index (Phi) is 7.92. The van der Waals surface area contributed by atoms with Gasteiger partial charge in [0, 0.05) is 24.8 Å². The number of pyridine rings is 2. The second kappa shape index (κ2) is 10.4. The fraction of sp³-hybridized carbons (Fsp3) is 0. The monoisotopic (exact) mass is 503 g/mol. The molecule has 3 rings (SSSR count). The van der Waals surface area contributed by atoms with Crippen LogP contribution in [-0.4, -0.2) is 21.4 Å². The summed E-state index contributed by atoms with van der Waals surface area (Å²) in [5.41, 5.74) is 0.525. The Bertz CT molecular complexity index is 917. The highest BCUT2D eigenvalue weighted by Crippen LogP contribution is 2.24. The first-order valence-electron chi connectivity index (χ1n) is 7.36. The van der Waals surface area contributed by atoms with Crippen LogP contribution in [0.4, 0.5) is 28.9 Å². The molecule has 6 nitrogen and oxygen atoms in total. The molecule has 0 fully saturated rings. The molecule has 0 atom stereocenters. The van der Waals surface area contributed by atoms with E-state index in [2.05, 4.69) is 25.4 Å². The Labute approximate surface area is 169 Å². The lowest BCUT2D eigenvalue weighted by Crippen LogP contribution is -2.05. The van der Waals surface area contributed by atoms with Gasteiger partial charge in [-0.05, 0) is 46.9 Å². The Morgan fingerprint density at radius 3 is 1.50 bits per heavy atom. The fourth-order valence-electron chi connectivity index (χ4n) is 1.73. The zero-order chi connectivity index (χ0) is 20.5. The molecule has 2 heterocycles. The fourth-order valence-corrected chi connectivity index (χ4v) is 2.20. The van der Waals surface area contributed by atoms with Gasteiger partial charge in [-0.1, -0.05) is 5.16 Å². The number of azo groups is 1. The zero-order valence-electron chi connectivity index (χ0n) is 13.8. The van der Waals surface area contributed by atoms with Gasteiger partial charge in [-0.25, -0.2) is 17.6 Å². The lowest BCUT2D eigenvalue weighted by molar-refractivity contribution is 0.321. The van der Waals surface area contributed by atoms with E-state index in [4.69, 9.17) is 5.21 Å². The van der Waals surface area contributed by atoms with Crippen molar-refractivity contribution in [1.29, 1.82) is 0 Å². The predicted molar refractivity (Wildman–Crippen MR) is 101 cm³/mol. The Morgan fingerprint density at radius 2 is 1.14 bits per heavy atom. The van der Waals surface area contributed by atoms with E-state index in [1.165, 1.54) is 0 Å². The highest BCUT2D eigenvalue weighted by molar-refractivity contribution is 14.1. The van der Waals surface area contributed by atoms with Crippen LogP contribution in [0.25, 0.3) is 0 Å². The van der Waals surface area contributed by atoms with Gasteiger partial charge < -0.3 is 5.21 Å². The summed E-state index contributed by atoms with van der Waals surface area (Å²) in [6.45, 7) is 0. The number of aromatic nitrogens is 2. The summed E-state index contributed by atoms with van der Waals surface area (Å²) in [6.07, 6.45) is 7.01. The third-order valence-corrected chi connectivity index (χ3v) is 3.98. The van der Waals surface area contributed by atoms with Crippen LogP contribution in [0.15, 0.2) is 64.4 Å². The van der Waals surface area contributed by atoms with Gasteiger partial charge in [0.15, 0.2) is 23.3 Å². The van der Waals surface area contributed by atoms with Crippen LogP contribution in [0.5, 0.6) is 0 Å². The summed E-state index contributed by atoms with van der Waals surface area (Å²) in [5, 5.41) is 18.4. The normalized spacial score (nSPS) is 10.9. The molecule has 11 heteroatoms. The molecule has 0 aliphatic heterocycles. The molecular formula is C17H10F4IN5O. The lowest BCUT2D eigenvalue weighted by Gasteiger charge is -2.03. The van der Waals surface area contributed by atoms with Crippen molar-refractivity contribution < 1.29 is 22.8 Å². The number of benzene rings is 1. The lowest BCUT2D eigenvalue weighted by atomic mass is 10.2. The van der Waals surface area contributed by atoms with E-state index in [0.717, 1.165) is 34.0 Å². The topological polar surface area (TPSA) is 83.1 Å². The quantitative estimate of drug-likeness (QED) is 0.0744. The minimum atomic E-state index is -1.59. The molecule has 0 radical (unpaired) electrons. The van der Waals surface area contributed by atoms with Crippen molar-refractivity contribution in [3.05, 3.63) is 81.5 Å². The number of rotatable bonds is 3. The van der Waals surface area contributed by atoms with Gasteiger partial charge in [0.25, 0.3) is 0 Å². The molecule has 0 unspecified atom stereocenters. The van der Waals surface area contributed by atoms with Gasteiger partial charge in [0.2, 0.25) is 0 Å². The molecule has 3 aromatic rings. The third kappa shape index (κ3) is 5.52. The highest BCUT2D eigenvalue weighted by Gasteiger charge is 2.22. The first-order chi connectivity index (χ1) is 13.5. The van der Waals surface area contributed by atoms with E-state index in [-0.39, 0.29) is 6.21 Å². The molecule has 144 valence electrons. The molecular weight excluding hydrogens is 493 g/mol. The molecule has 0 saturated carbocycles. The summed E-state index contributed by atoms with van der Waals surface area (Å²) in [5.74, 6) is -6.21. The molecule has 1 N–H and O–H groups in total. The van der Waals surface area contributed by atoms with Gasteiger partial charge >= 0.3 is 0 Å². The van der Waals surface area contributed by atoms with Gasteiger partial charge in [0.05, 0.1) is 26.7 Å². The molecule has 0 bridgehead atoms. The maximum atomic E-state index is 12.9. The number of hydrogen-bond acceptors (Lipinski definition) is 6. The predicted octanol–water partition coefficient (Wildman–Crippen LogP) is 5.55. The van der Waals surface area contributed by atoms with Gasteiger partial charge in [-0.3, -0.25) is 9.97 Å². The van der Waals surface area contributed by atoms with E-state index in [9.17, 15) is 17.6 Å². The van der Waals surface area contributed by atoms with Gasteiger partial charge in [-0.15, -0.1) is 0 Å². The highest BCUT2D eigenvalue weighted by atomic mass is 127. The molecule has 0 spiro atoms. The second-order valence-corrected chi connectivity index (χ2v) is 5.92. The van der Waals surface area contributed by atoms with E-state index < -0.39 is 32.4 Å². The SMILES string of the molecule is O/N=C/c1c(F)c(F)c(I)c(F)c1F.c1cc(N=Nc2ccncc2)ccn1. The Balaban J connectivity index is 0.000000200. The van der Waals surface area contributed by atoms with Crippen molar-refractivity contribution in [3.8, 4) is 0 Å². The second-order valence-electron chi connectivity index (χ2n) is 4.84. The molecule has 0 saturated heterocycles. The molecule has 1 aromatic carbocycles. The van der Waals surface area contributed by atoms with Crippen molar-refractivity contribution in [2.24, 2.45) is 15.4 Å². The summed E-state index contributed by atoms with van der Waals surface area (Å²) in [7, 11) is 0. The molecule has 0 aliphatic carbocycles. The first-order valence-corrected chi connectivity index (χ1v) is 8.44. The van der Waals surface area contributed by atoms with Crippen LogP contribution in [0, 0.1) is 26.8 Å². The number of oxime groups is 1. The van der Waals surface area contributed by atoms with Crippen LogP contribution in [-0.2, 0) is 0 Å². The first kappa shape index (κ1) is 21.3. The van der Waals surface area contributed by atoms with Crippen molar-refractivity contribution in [2.45, 2.75) is 0 Å². The molecule has 2 aromatic heterocycles. The average Bonchev–Trinajstić information content (AvgIpc) is 2.74. The average molecular weight is 503 g/mol. The van der Waals surface area contributed by atoms with Crippen LogP contribution in [0.2, 0.25) is 0 Å². The minimum Gasteiger partial charge on any atom is -0.411 e. The van der Waals surface area contributed by atoms with Crippen LogP contribution < -0.4 is 0 Å². The van der Waals surface area contributed by atoms with Crippen molar-refractivity contribution in [1.82, 2.24) is 9.97 Å². The van der Waals surface area contributed by atoms with E-state index in [0.29, 0.717) is 0 Å². The smallest absolute Gasteiger partial charge is 0.175 e. The maximum absolute atomic E-state index is 12.9. The maximum Gasteiger partial charge on any atom is 0.175 e. The Morgan fingerprint density at radius 1 is 0.750 bits per heavy atom. The largest absolute Gasteiger partial charge is 0.411 e. The third-order valence-electron chi connectivity index (χ3n) is 3.04. The zero-order valence-corrected chi connectivity index (χ0v) is 15.9. The summed E-state index contributed by atoms with van der Waals surface area (Å²) < 4.78 is 50.7. The van der Waals surface area contributed by atoms with Gasteiger partial charge in [-0.2, -0.15) is 10.2 Å². The molecule has 0 amide bonds. The summed E-state index contributed by atoms with van der Waals surface area (Å²) >= 11 is 1.13. The van der Waals surface area contributed by atoms with Crippen LogP contribution in [0.3, 0.4) is 0 Å². The number of nitrogens with zero attached hydrogens (tertiary/aromatic N) is 5. The summed E-state index contributed by atoms with van der Waals surface area (Å²) in [6, 6.07) is 7.19. The Hall–Kier alpha value is -2.96. The standard InChI is InChI=1S/C10H8N4.C7H2F4INO/c1-5-11-6-2-9(1)13-14-10-3-7-12-8-4-10;8-3-2(1-13-14)4(9)6(11)7(12)5(3)10/h1-8H;1,14H/b;13-1+. The molecule has 28 heavy (non-hydrogen) atoms. The van der Waals surface area contributed by atoms with E-state index in [1.54, 1.807) is 49.1 Å². The number of halogens is 5. The summed E-state index contributed by atoms with van der Waals surface area (Å²) in [4.78, 5) is 7.78. The number of hydrogen-bond donors (Lipinski definition) is 1. The van der Waals surface area contributed by atoms with E-state index in [1.807, 2.05) is 0 Å². The van der Waals surface area contributed by atoms with Crippen molar-refractivity contribution in [2.75, 3.05) is 0 Å².